The van der Waals surface area contributed by atoms with Crippen LogP contribution in [-0.4, -0.2) is 18.2 Å². The first-order valence-corrected chi connectivity index (χ1v) is 5.78. The Morgan fingerprint density at radius 1 is 1.40 bits per heavy atom. The zero-order chi connectivity index (χ0) is 10.3. The number of rotatable bonds is 2. The Morgan fingerprint density at radius 3 is 2.93 bits per heavy atom. The quantitative estimate of drug-likeness (QED) is 0.770. The van der Waals surface area contributed by atoms with Crippen LogP contribution in [0.4, 0.5) is 0 Å². The van der Waals surface area contributed by atoms with Crippen molar-refractivity contribution in [3.8, 4) is 5.75 Å². The number of hydrogen-bond donors (Lipinski definition) is 2. The molecule has 2 heteroatoms. The van der Waals surface area contributed by atoms with E-state index in [1.165, 1.54) is 19.4 Å². The standard InChI is InChI=1S/C13H17NO/c15-12-4-2-1-3-10(12)7-13-6-5-11(13)8-14-9-13/h1-4,11,14-15H,5-9H2. The molecule has 15 heavy (non-hydrogen) atoms. The monoisotopic (exact) mass is 203 g/mol. The summed E-state index contributed by atoms with van der Waals surface area (Å²) in [5.74, 6) is 1.31. The van der Waals surface area contributed by atoms with Gasteiger partial charge in [0, 0.05) is 6.54 Å². The highest BCUT2D eigenvalue weighted by atomic mass is 16.3. The van der Waals surface area contributed by atoms with Gasteiger partial charge in [0.2, 0.25) is 0 Å². The molecule has 0 bridgehead atoms. The molecule has 0 spiro atoms. The molecular weight excluding hydrogens is 186 g/mol. The van der Waals surface area contributed by atoms with Crippen LogP contribution in [0.1, 0.15) is 18.4 Å². The van der Waals surface area contributed by atoms with Crippen LogP contribution < -0.4 is 5.32 Å². The molecule has 3 rings (SSSR count). The molecule has 1 aromatic rings. The fourth-order valence-electron chi connectivity index (χ4n) is 3.14. The van der Waals surface area contributed by atoms with E-state index < -0.39 is 0 Å². The van der Waals surface area contributed by atoms with Crippen molar-refractivity contribution in [2.45, 2.75) is 19.3 Å². The van der Waals surface area contributed by atoms with Gasteiger partial charge < -0.3 is 10.4 Å². The third-order valence-corrected chi connectivity index (χ3v) is 4.26. The maximum Gasteiger partial charge on any atom is 0.118 e. The lowest BCUT2D eigenvalue weighted by molar-refractivity contribution is 0.0856. The summed E-state index contributed by atoms with van der Waals surface area (Å²) < 4.78 is 0. The third kappa shape index (κ3) is 1.36. The van der Waals surface area contributed by atoms with Crippen molar-refractivity contribution < 1.29 is 5.11 Å². The lowest BCUT2D eigenvalue weighted by Crippen LogP contribution is -2.41. The molecule has 0 radical (unpaired) electrons. The molecule has 0 amide bonds. The first kappa shape index (κ1) is 9.22. The zero-order valence-corrected chi connectivity index (χ0v) is 8.87. The molecule has 1 aliphatic carbocycles. The van der Waals surface area contributed by atoms with Gasteiger partial charge in [-0.1, -0.05) is 18.2 Å². The maximum absolute atomic E-state index is 9.78. The smallest absolute Gasteiger partial charge is 0.118 e. The first-order chi connectivity index (χ1) is 7.30. The van der Waals surface area contributed by atoms with E-state index in [1.807, 2.05) is 12.1 Å². The topological polar surface area (TPSA) is 32.3 Å². The van der Waals surface area contributed by atoms with Gasteiger partial charge >= 0.3 is 0 Å². The van der Waals surface area contributed by atoms with Gasteiger partial charge in [0.1, 0.15) is 5.75 Å². The molecule has 2 nitrogen and oxygen atoms in total. The van der Waals surface area contributed by atoms with E-state index in [-0.39, 0.29) is 0 Å². The molecule has 80 valence electrons. The van der Waals surface area contributed by atoms with Crippen molar-refractivity contribution >= 4 is 0 Å². The van der Waals surface area contributed by atoms with E-state index in [9.17, 15) is 5.11 Å². The van der Waals surface area contributed by atoms with Crippen LogP contribution in [0.5, 0.6) is 5.75 Å². The maximum atomic E-state index is 9.78. The SMILES string of the molecule is Oc1ccccc1CC12CCC1CNC2. The Hall–Kier alpha value is -1.02. The Morgan fingerprint density at radius 2 is 2.27 bits per heavy atom. The second-order valence-corrected chi connectivity index (χ2v) is 5.03. The number of benzene rings is 1. The van der Waals surface area contributed by atoms with E-state index in [2.05, 4.69) is 11.4 Å². The Labute approximate surface area is 90.3 Å². The molecule has 2 unspecified atom stereocenters. The van der Waals surface area contributed by atoms with Crippen molar-refractivity contribution in [1.82, 2.24) is 5.32 Å². The summed E-state index contributed by atoms with van der Waals surface area (Å²) in [5, 5.41) is 13.3. The molecule has 2 N–H and O–H groups in total. The molecule has 2 fully saturated rings. The van der Waals surface area contributed by atoms with Crippen molar-refractivity contribution in [2.24, 2.45) is 11.3 Å². The van der Waals surface area contributed by atoms with Gasteiger partial charge in [0.05, 0.1) is 0 Å². The van der Waals surface area contributed by atoms with Gasteiger partial charge in [-0.2, -0.15) is 0 Å². The number of phenolic OH excluding ortho intramolecular Hbond substituents is 1. The minimum Gasteiger partial charge on any atom is -0.508 e. The number of aromatic hydroxyl groups is 1. The molecule has 1 heterocycles. The van der Waals surface area contributed by atoms with Crippen LogP contribution in [0.2, 0.25) is 0 Å². The van der Waals surface area contributed by atoms with Gasteiger partial charge in [0.25, 0.3) is 0 Å². The number of para-hydroxylation sites is 1. The lowest BCUT2D eigenvalue weighted by Gasteiger charge is -2.44. The van der Waals surface area contributed by atoms with Crippen LogP contribution >= 0.6 is 0 Å². The molecule has 1 aliphatic heterocycles. The second-order valence-electron chi connectivity index (χ2n) is 5.03. The van der Waals surface area contributed by atoms with E-state index >= 15 is 0 Å². The molecule has 0 aromatic heterocycles. The van der Waals surface area contributed by atoms with Crippen molar-refractivity contribution in [3.05, 3.63) is 29.8 Å². The fourth-order valence-corrected chi connectivity index (χ4v) is 3.14. The Bertz CT molecular complexity index is 377. The van der Waals surface area contributed by atoms with Gasteiger partial charge in [-0.25, -0.2) is 0 Å². The van der Waals surface area contributed by atoms with Gasteiger partial charge in [-0.15, -0.1) is 0 Å². The molecular formula is C13H17NO. The van der Waals surface area contributed by atoms with Crippen molar-refractivity contribution in [3.63, 3.8) is 0 Å². The highest BCUT2D eigenvalue weighted by Crippen LogP contribution is 2.51. The normalized spacial score (nSPS) is 33.5. The largest absolute Gasteiger partial charge is 0.508 e. The number of phenols is 1. The van der Waals surface area contributed by atoms with Crippen LogP contribution in [0, 0.1) is 11.3 Å². The Kier molecular flexibility index (Phi) is 1.99. The van der Waals surface area contributed by atoms with E-state index in [4.69, 9.17) is 0 Å². The van der Waals surface area contributed by atoms with Gasteiger partial charge in [-0.05, 0) is 48.8 Å². The predicted octanol–water partition coefficient (Wildman–Crippen LogP) is 1.93. The second kappa shape index (κ2) is 3.24. The predicted molar refractivity (Wildman–Crippen MR) is 59.8 cm³/mol. The summed E-state index contributed by atoms with van der Waals surface area (Å²) in [6, 6.07) is 7.75. The zero-order valence-electron chi connectivity index (χ0n) is 8.87. The minimum absolute atomic E-state index is 0.457. The van der Waals surface area contributed by atoms with Crippen LogP contribution in [0.15, 0.2) is 24.3 Å². The lowest BCUT2D eigenvalue weighted by atomic mass is 9.59. The van der Waals surface area contributed by atoms with Crippen LogP contribution in [-0.2, 0) is 6.42 Å². The van der Waals surface area contributed by atoms with Crippen LogP contribution in [0.3, 0.4) is 0 Å². The fraction of sp³-hybridized carbons (Fsp3) is 0.538. The molecule has 2 atom stereocenters. The van der Waals surface area contributed by atoms with Gasteiger partial charge in [-0.3, -0.25) is 0 Å². The molecule has 1 aromatic carbocycles. The number of fused-ring (bicyclic) bond motifs is 1. The first-order valence-electron chi connectivity index (χ1n) is 5.78. The molecule has 1 saturated heterocycles. The minimum atomic E-state index is 0.457. The van der Waals surface area contributed by atoms with Crippen molar-refractivity contribution in [1.29, 1.82) is 0 Å². The third-order valence-electron chi connectivity index (χ3n) is 4.26. The molecule has 2 aliphatic rings. The number of hydrogen-bond acceptors (Lipinski definition) is 2. The summed E-state index contributed by atoms with van der Waals surface area (Å²) in [6.45, 7) is 2.31. The highest BCUT2D eigenvalue weighted by molar-refractivity contribution is 5.33. The summed E-state index contributed by atoms with van der Waals surface area (Å²) in [5.41, 5.74) is 1.57. The van der Waals surface area contributed by atoms with Gasteiger partial charge in [0.15, 0.2) is 0 Å². The van der Waals surface area contributed by atoms with Crippen molar-refractivity contribution in [2.75, 3.05) is 13.1 Å². The number of nitrogens with one attached hydrogen (secondary N) is 1. The Balaban J connectivity index is 1.83. The average Bonchev–Trinajstić information content (AvgIpc) is 2.49. The van der Waals surface area contributed by atoms with Crippen LogP contribution in [0.25, 0.3) is 0 Å². The highest BCUT2D eigenvalue weighted by Gasteiger charge is 2.49. The molecule has 1 saturated carbocycles. The van der Waals surface area contributed by atoms with E-state index in [1.54, 1.807) is 6.07 Å². The summed E-state index contributed by atoms with van der Waals surface area (Å²) in [7, 11) is 0. The van der Waals surface area contributed by atoms with E-state index in [0.29, 0.717) is 11.2 Å². The van der Waals surface area contributed by atoms with E-state index in [0.717, 1.165) is 24.4 Å². The summed E-state index contributed by atoms with van der Waals surface area (Å²) in [6.07, 6.45) is 3.72. The summed E-state index contributed by atoms with van der Waals surface area (Å²) >= 11 is 0. The average molecular weight is 203 g/mol. The summed E-state index contributed by atoms with van der Waals surface area (Å²) in [4.78, 5) is 0.